The molecule has 4 heteroatoms. The van der Waals surface area contributed by atoms with Gasteiger partial charge in [0.15, 0.2) is 0 Å². The summed E-state index contributed by atoms with van der Waals surface area (Å²) in [4.78, 5) is 12.1. The highest BCUT2D eigenvalue weighted by Crippen LogP contribution is 2.20. The molecule has 1 saturated heterocycles. The summed E-state index contributed by atoms with van der Waals surface area (Å²) in [5, 5.41) is 6.28. The lowest BCUT2D eigenvalue weighted by atomic mass is 10.1. The van der Waals surface area contributed by atoms with Crippen LogP contribution in [0.4, 0.5) is 0 Å². The number of carbonyl (C=O) groups is 1. The highest BCUT2D eigenvalue weighted by Gasteiger charge is 2.23. The van der Waals surface area contributed by atoms with Crippen molar-refractivity contribution in [3.05, 3.63) is 29.8 Å². The molecule has 1 aliphatic rings. The van der Waals surface area contributed by atoms with Crippen LogP contribution in [-0.4, -0.2) is 24.6 Å². The average Bonchev–Trinajstić information content (AvgIpc) is 2.92. The van der Waals surface area contributed by atoms with E-state index in [0.29, 0.717) is 0 Å². The predicted molar refractivity (Wildman–Crippen MR) is 79.8 cm³/mol. The summed E-state index contributed by atoms with van der Waals surface area (Å²) >= 11 is 0. The summed E-state index contributed by atoms with van der Waals surface area (Å²) in [6, 6.07) is 7.86. The Morgan fingerprint density at radius 1 is 1.40 bits per heavy atom. The number of benzene rings is 1. The molecule has 20 heavy (non-hydrogen) atoms. The molecule has 0 aromatic heterocycles. The van der Waals surface area contributed by atoms with Crippen LogP contribution in [0.3, 0.4) is 0 Å². The molecule has 2 atom stereocenters. The maximum Gasteiger partial charge on any atom is 0.237 e. The molecule has 0 bridgehead atoms. The zero-order valence-corrected chi connectivity index (χ0v) is 12.5. The van der Waals surface area contributed by atoms with Crippen LogP contribution >= 0.6 is 0 Å². The van der Waals surface area contributed by atoms with Crippen LogP contribution < -0.4 is 15.4 Å². The van der Waals surface area contributed by atoms with E-state index in [1.54, 1.807) is 0 Å². The van der Waals surface area contributed by atoms with Crippen LogP contribution in [0.5, 0.6) is 5.75 Å². The Labute approximate surface area is 120 Å². The second-order valence-electron chi connectivity index (χ2n) is 5.62. The van der Waals surface area contributed by atoms with Crippen LogP contribution in [-0.2, 0) is 4.79 Å². The standard InChI is InChI=1S/C16H24N2O2/c1-11(2)20-14-7-4-6-13(10-14)12(3)18-16(19)15-8-5-9-17-15/h4,6-7,10-12,15,17H,5,8-9H2,1-3H3,(H,18,19)/t12?,15-/m1/s1. The Hall–Kier alpha value is -1.55. The molecule has 110 valence electrons. The third-order valence-corrected chi connectivity index (χ3v) is 3.47. The average molecular weight is 276 g/mol. The van der Waals surface area contributed by atoms with Crippen molar-refractivity contribution < 1.29 is 9.53 Å². The van der Waals surface area contributed by atoms with Gasteiger partial charge in [0.1, 0.15) is 5.75 Å². The van der Waals surface area contributed by atoms with Crippen LogP contribution in [0, 0.1) is 0 Å². The molecule has 1 heterocycles. The fraction of sp³-hybridized carbons (Fsp3) is 0.562. The van der Waals surface area contributed by atoms with Crippen LogP contribution in [0.25, 0.3) is 0 Å². The molecule has 1 unspecified atom stereocenters. The second kappa shape index (κ2) is 6.75. The number of amides is 1. The largest absolute Gasteiger partial charge is 0.491 e. The minimum Gasteiger partial charge on any atom is -0.491 e. The van der Waals surface area contributed by atoms with Crippen LogP contribution in [0.1, 0.15) is 45.2 Å². The lowest BCUT2D eigenvalue weighted by molar-refractivity contribution is -0.123. The van der Waals surface area contributed by atoms with Crippen molar-refractivity contribution in [1.82, 2.24) is 10.6 Å². The molecule has 2 N–H and O–H groups in total. The van der Waals surface area contributed by atoms with E-state index in [4.69, 9.17) is 4.74 Å². The summed E-state index contributed by atoms with van der Waals surface area (Å²) in [6.07, 6.45) is 2.15. The Kier molecular flexibility index (Phi) is 5.01. The van der Waals surface area contributed by atoms with E-state index in [0.717, 1.165) is 30.7 Å². The first-order chi connectivity index (χ1) is 9.56. The van der Waals surface area contributed by atoms with Crippen molar-refractivity contribution in [1.29, 1.82) is 0 Å². The molecule has 2 rings (SSSR count). The summed E-state index contributed by atoms with van der Waals surface area (Å²) in [5.74, 6) is 0.933. The van der Waals surface area contributed by atoms with Gasteiger partial charge in [-0.1, -0.05) is 12.1 Å². The Morgan fingerprint density at radius 2 is 2.20 bits per heavy atom. The van der Waals surface area contributed by atoms with Gasteiger partial charge in [0, 0.05) is 0 Å². The van der Waals surface area contributed by atoms with E-state index in [2.05, 4.69) is 10.6 Å². The molecule has 1 aliphatic heterocycles. The molecule has 1 aromatic rings. The predicted octanol–water partition coefficient (Wildman–Crippen LogP) is 2.40. The van der Waals surface area contributed by atoms with Gasteiger partial charge in [0.25, 0.3) is 0 Å². The van der Waals surface area contributed by atoms with Crippen molar-refractivity contribution in [2.24, 2.45) is 0 Å². The Morgan fingerprint density at radius 3 is 2.85 bits per heavy atom. The number of rotatable bonds is 5. The third kappa shape index (κ3) is 3.97. The molecule has 1 aromatic carbocycles. The summed E-state index contributed by atoms with van der Waals surface area (Å²) in [5.41, 5.74) is 1.06. The zero-order chi connectivity index (χ0) is 14.5. The third-order valence-electron chi connectivity index (χ3n) is 3.47. The van der Waals surface area contributed by atoms with Crippen molar-refractivity contribution in [3.63, 3.8) is 0 Å². The SMILES string of the molecule is CC(C)Oc1cccc(C(C)NC(=O)[C@H]2CCCN2)c1. The first-order valence-electron chi connectivity index (χ1n) is 7.36. The molecule has 0 aliphatic carbocycles. The zero-order valence-electron chi connectivity index (χ0n) is 12.5. The second-order valence-corrected chi connectivity index (χ2v) is 5.62. The maximum absolute atomic E-state index is 12.1. The fourth-order valence-corrected chi connectivity index (χ4v) is 2.44. The van der Waals surface area contributed by atoms with Crippen molar-refractivity contribution >= 4 is 5.91 Å². The number of carbonyl (C=O) groups excluding carboxylic acids is 1. The van der Waals surface area contributed by atoms with E-state index in [1.165, 1.54) is 0 Å². The first-order valence-corrected chi connectivity index (χ1v) is 7.36. The normalized spacial score (nSPS) is 19.9. The molecule has 1 fully saturated rings. The van der Waals surface area contributed by atoms with Gasteiger partial charge < -0.3 is 15.4 Å². The van der Waals surface area contributed by atoms with E-state index >= 15 is 0 Å². The smallest absolute Gasteiger partial charge is 0.237 e. The van der Waals surface area contributed by atoms with Crippen molar-refractivity contribution in [2.45, 2.75) is 51.8 Å². The summed E-state index contributed by atoms with van der Waals surface area (Å²) < 4.78 is 5.68. The highest BCUT2D eigenvalue weighted by atomic mass is 16.5. The van der Waals surface area contributed by atoms with Crippen LogP contribution in [0.2, 0.25) is 0 Å². The number of ether oxygens (including phenoxy) is 1. The summed E-state index contributed by atoms with van der Waals surface area (Å²) in [6.45, 7) is 6.94. The maximum atomic E-state index is 12.1. The van der Waals surface area contributed by atoms with Gasteiger partial charge in [-0.3, -0.25) is 4.79 Å². The van der Waals surface area contributed by atoms with Crippen LogP contribution in [0.15, 0.2) is 24.3 Å². The fourth-order valence-electron chi connectivity index (χ4n) is 2.44. The topological polar surface area (TPSA) is 50.4 Å². The van der Waals surface area contributed by atoms with Crippen molar-refractivity contribution in [2.75, 3.05) is 6.54 Å². The molecular weight excluding hydrogens is 252 g/mol. The minimum absolute atomic E-state index is 0.0133. The molecule has 0 spiro atoms. The van der Waals surface area contributed by atoms with Gasteiger partial charge >= 0.3 is 0 Å². The van der Waals surface area contributed by atoms with Gasteiger partial charge in [-0.25, -0.2) is 0 Å². The van der Waals surface area contributed by atoms with E-state index in [-0.39, 0.29) is 24.1 Å². The molecule has 0 saturated carbocycles. The van der Waals surface area contributed by atoms with Gasteiger partial charge in [0.05, 0.1) is 18.2 Å². The Balaban J connectivity index is 1.97. The lowest BCUT2D eigenvalue weighted by Crippen LogP contribution is -2.41. The van der Waals surface area contributed by atoms with Gasteiger partial charge in [-0.2, -0.15) is 0 Å². The number of nitrogens with one attached hydrogen (secondary N) is 2. The van der Waals surface area contributed by atoms with Gasteiger partial charge in [0.2, 0.25) is 5.91 Å². The monoisotopic (exact) mass is 276 g/mol. The Bertz CT molecular complexity index is 454. The van der Waals surface area contributed by atoms with E-state index in [1.807, 2.05) is 45.0 Å². The molecular formula is C16H24N2O2. The van der Waals surface area contributed by atoms with Gasteiger partial charge in [-0.15, -0.1) is 0 Å². The molecule has 4 nitrogen and oxygen atoms in total. The van der Waals surface area contributed by atoms with Gasteiger partial charge in [-0.05, 0) is 57.9 Å². The van der Waals surface area contributed by atoms with Crippen molar-refractivity contribution in [3.8, 4) is 5.75 Å². The highest BCUT2D eigenvalue weighted by molar-refractivity contribution is 5.82. The first kappa shape index (κ1) is 14.9. The molecule has 1 amide bonds. The summed E-state index contributed by atoms with van der Waals surface area (Å²) in [7, 11) is 0. The number of hydrogen-bond donors (Lipinski definition) is 2. The molecule has 0 radical (unpaired) electrons. The number of hydrogen-bond acceptors (Lipinski definition) is 3. The quantitative estimate of drug-likeness (QED) is 0.868. The van der Waals surface area contributed by atoms with E-state index < -0.39 is 0 Å². The van der Waals surface area contributed by atoms with E-state index in [9.17, 15) is 4.79 Å². The lowest BCUT2D eigenvalue weighted by Gasteiger charge is -2.19. The minimum atomic E-state index is -0.0347.